The van der Waals surface area contributed by atoms with Crippen molar-refractivity contribution >= 4 is 35.8 Å². The zero-order chi connectivity index (χ0) is 18.8. The molecule has 0 bridgehead atoms. The molecule has 0 aliphatic rings. The van der Waals surface area contributed by atoms with Gasteiger partial charge in [-0.3, -0.25) is 14.8 Å². The van der Waals surface area contributed by atoms with E-state index in [9.17, 15) is 4.79 Å². The summed E-state index contributed by atoms with van der Waals surface area (Å²) in [4.78, 5) is 22.0. The minimum atomic E-state index is 0. The van der Waals surface area contributed by atoms with Crippen LogP contribution in [0.5, 0.6) is 0 Å². The fourth-order valence-corrected chi connectivity index (χ4v) is 2.54. The predicted octanol–water partition coefficient (Wildman–Crippen LogP) is 2.35. The molecule has 0 aliphatic heterocycles. The number of hydrogen-bond acceptors (Lipinski definition) is 3. The van der Waals surface area contributed by atoms with Gasteiger partial charge < -0.3 is 15.5 Å². The molecule has 0 saturated carbocycles. The summed E-state index contributed by atoms with van der Waals surface area (Å²) in [5.74, 6) is 0.794. The van der Waals surface area contributed by atoms with Crippen LogP contribution in [0.25, 0.3) is 0 Å². The van der Waals surface area contributed by atoms with Crippen molar-refractivity contribution in [2.75, 3.05) is 34.2 Å². The van der Waals surface area contributed by atoms with Gasteiger partial charge in [0.1, 0.15) is 0 Å². The van der Waals surface area contributed by atoms with Gasteiger partial charge in [-0.25, -0.2) is 0 Å². The van der Waals surface area contributed by atoms with Crippen molar-refractivity contribution in [3.63, 3.8) is 0 Å². The molecule has 0 radical (unpaired) electrons. The van der Waals surface area contributed by atoms with Crippen LogP contribution in [0.1, 0.15) is 21.5 Å². The fourth-order valence-electron chi connectivity index (χ4n) is 2.54. The van der Waals surface area contributed by atoms with Crippen LogP contribution in [-0.4, -0.2) is 56.0 Å². The van der Waals surface area contributed by atoms with Crippen LogP contribution in [0, 0.1) is 0 Å². The van der Waals surface area contributed by atoms with Gasteiger partial charge in [0.2, 0.25) is 0 Å². The zero-order valence-corrected chi connectivity index (χ0v) is 18.4. The molecule has 2 aromatic rings. The molecule has 7 heteroatoms. The standard InChI is InChI=1S/C20H27N5O.HI/c1-21-20(24-13-10-17-7-5-11-22-15-17)23-12-9-16-6-4-8-18(14-16)19(26)25(2)3;/h4-8,11,14-15H,9-10,12-13H2,1-3H3,(H2,21,23,24);1H. The number of amides is 1. The van der Waals surface area contributed by atoms with Crippen molar-refractivity contribution in [1.82, 2.24) is 20.5 Å². The molecule has 146 valence electrons. The van der Waals surface area contributed by atoms with E-state index >= 15 is 0 Å². The summed E-state index contributed by atoms with van der Waals surface area (Å²) >= 11 is 0. The summed E-state index contributed by atoms with van der Waals surface area (Å²) in [5, 5.41) is 6.60. The SMILES string of the molecule is CN=C(NCCc1cccnc1)NCCc1cccc(C(=O)N(C)C)c1.I. The van der Waals surface area contributed by atoms with Crippen molar-refractivity contribution in [3.8, 4) is 0 Å². The Morgan fingerprint density at radius 1 is 1.07 bits per heavy atom. The lowest BCUT2D eigenvalue weighted by Crippen LogP contribution is -2.39. The van der Waals surface area contributed by atoms with E-state index in [-0.39, 0.29) is 29.9 Å². The Morgan fingerprint density at radius 3 is 2.33 bits per heavy atom. The van der Waals surface area contributed by atoms with Crippen LogP contribution >= 0.6 is 24.0 Å². The van der Waals surface area contributed by atoms with E-state index in [2.05, 4.69) is 26.7 Å². The van der Waals surface area contributed by atoms with E-state index < -0.39 is 0 Å². The molecular weight excluding hydrogens is 453 g/mol. The smallest absolute Gasteiger partial charge is 0.253 e. The van der Waals surface area contributed by atoms with Gasteiger partial charge in [0, 0.05) is 52.2 Å². The molecule has 1 amide bonds. The second-order valence-corrected chi connectivity index (χ2v) is 6.19. The first-order chi connectivity index (χ1) is 12.6. The number of carbonyl (C=O) groups is 1. The molecule has 0 spiro atoms. The number of guanidine groups is 1. The third-order valence-corrected chi connectivity index (χ3v) is 3.94. The number of hydrogen-bond donors (Lipinski definition) is 2. The lowest BCUT2D eigenvalue weighted by Gasteiger charge is -2.13. The summed E-state index contributed by atoms with van der Waals surface area (Å²) < 4.78 is 0. The Hall–Kier alpha value is -2.16. The largest absolute Gasteiger partial charge is 0.356 e. The molecule has 1 heterocycles. The molecule has 1 aromatic carbocycles. The van der Waals surface area contributed by atoms with E-state index in [4.69, 9.17) is 0 Å². The second kappa shape index (κ2) is 12.3. The number of benzene rings is 1. The predicted molar refractivity (Wildman–Crippen MR) is 121 cm³/mol. The van der Waals surface area contributed by atoms with E-state index in [1.165, 1.54) is 5.56 Å². The van der Waals surface area contributed by atoms with Gasteiger partial charge in [-0.1, -0.05) is 18.2 Å². The highest BCUT2D eigenvalue weighted by molar-refractivity contribution is 14.0. The van der Waals surface area contributed by atoms with Gasteiger partial charge in [0.25, 0.3) is 5.91 Å². The van der Waals surface area contributed by atoms with Crippen LogP contribution in [0.15, 0.2) is 53.8 Å². The Morgan fingerprint density at radius 2 is 1.74 bits per heavy atom. The van der Waals surface area contributed by atoms with Crippen molar-refractivity contribution in [2.45, 2.75) is 12.8 Å². The molecule has 0 fully saturated rings. The summed E-state index contributed by atoms with van der Waals surface area (Å²) in [6.45, 7) is 1.53. The molecule has 2 N–H and O–H groups in total. The van der Waals surface area contributed by atoms with Gasteiger partial charge in [0.05, 0.1) is 0 Å². The number of halogens is 1. The van der Waals surface area contributed by atoms with Gasteiger partial charge in [-0.05, 0) is 42.2 Å². The summed E-state index contributed by atoms with van der Waals surface area (Å²) in [7, 11) is 5.28. The highest BCUT2D eigenvalue weighted by Gasteiger charge is 2.08. The third kappa shape index (κ3) is 7.94. The van der Waals surface area contributed by atoms with E-state index in [1.807, 2.05) is 36.5 Å². The Kier molecular flexibility index (Phi) is 10.4. The van der Waals surface area contributed by atoms with E-state index in [0.717, 1.165) is 37.5 Å². The van der Waals surface area contributed by atoms with Crippen molar-refractivity contribution in [1.29, 1.82) is 0 Å². The maximum absolute atomic E-state index is 12.0. The molecular formula is C20H28IN5O. The van der Waals surface area contributed by atoms with Crippen LogP contribution in [-0.2, 0) is 12.8 Å². The number of carbonyl (C=O) groups excluding carboxylic acids is 1. The number of pyridine rings is 1. The lowest BCUT2D eigenvalue weighted by atomic mass is 10.1. The number of nitrogens with one attached hydrogen (secondary N) is 2. The first-order valence-corrected chi connectivity index (χ1v) is 8.74. The van der Waals surface area contributed by atoms with E-state index in [0.29, 0.717) is 5.56 Å². The monoisotopic (exact) mass is 481 g/mol. The lowest BCUT2D eigenvalue weighted by molar-refractivity contribution is 0.0827. The average Bonchev–Trinajstić information content (AvgIpc) is 2.67. The Bertz CT molecular complexity index is 734. The van der Waals surface area contributed by atoms with Crippen molar-refractivity contribution in [3.05, 3.63) is 65.5 Å². The quantitative estimate of drug-likeness (QED) is 0.362. The van der Waals surface area contributed by atoms with Crippen LogP contribution in [0.4, 0.5) is 0 Å². The van der Waals surface area contributed by atoms with E-state index in [1.54, 1.807) is 32.2 Å². The normalized spacial score (nSPS) is 10.7. The molecule has 2 rings (SSSR count). The minimum Gasteiger partial charge on any atom is -0.356 e. The Labute approximate surface area is 178 Å². The zero-order valence-electron chi connectivity index (χ0n) is 16.1. The van der Waals surface area contributed by atoms with Crippen molar-refractivity contribution in [2.24, 2.45) is 4.99 Å². The second-order valence-electron chi connectivity index (χ2n) is 6.19. The molecule has 0 aliphatic carbocycles. The highest BCUT2D eigenvalue weighted by Crippen LogP contribution is 2.07. The molecule has 0 saturated heterocycles. The topological polar surface area (TPSA) is 69.6 Å². The number of aromatic nitrogens is 1. The Balaban J connectivity index is 0.00000364. The maximum Gasteiger partial charge on any atom is 0.253 e. The number of aliphatic imine (C=N–C) groups is 1. The molecule has 27 heavy (non-hydrogen) atoms. The van der Waals surface area contributed by atoms with Crippen molar-refractivity contribution < 1.29 is 4.79 Å². The van der Waals surface area contributed by atoms with Gasteiger partial charge in [-0.2, -0.15) is 0 Å². The first-order valence-electron chi connectivity index (χ1n) is 8.74. The summed E-state index contributed by atoms with van der Waals surface area (Å²) in [6, 6.07) is 11.8. The molecule has 6 nitrogen and oxygen atoms in total. The summed E-state index contributed by atoms with van der Waals surface area (Å²) in [5.41, 5.74) is 3.03. The highest BCUT2D eigenvalue weighted by atomic mass is 127. The number of rotatable bonds is 7. The van der Waals surface area contributed by atoms with Crippen LogP contribution in [0.2, 0.25) is 0 Å². The average molecular weight is 481 g/mol. The first kappa shape index (κ1) is 22.9. The van der Waals surface area contributed by atoms with Gasteiger partial charge >= 0.3 is 0 Å². The van der Waals surface area contributed by atoms with Gasteiger partial charge in [0.15, 0.2) is 5.96 Å². The molecule has 0 atom stereocenters. The summed E-state index contributed by atoms with van der Waals surface area (Å²) in [6.07, 6.45) is 5.36. The molecule has 0 unspecified atom stereocenters. The van der Waals surface area contributed by atoms with Crippen LogP contribution in [0.3, 0.4) is 0 Å². The third-order valence-electron chi connectivity index (χ3n) is 3.94. The fraction of sp³-hybridized carbons (Fsp3) is 0.350. The molecule has 1 aromatic heterocycles. The van der Waals surface area contributed by atoms with Crippen LogP contribution < -0.4 is 10.6 Å². The van der Waals surface area contributed by atoms with Gasteiger partial charge in [-0.15, -0.1) is 24.0 Å². The minimum absolute atomic E-state index is 0. The maximum atomic E-state index is 12.0. The number of nitrogens with zero attached hydrogens (tertiary/aromatic N) is 3.